The van der Waals surface area contributed by atoms with E-state index in [4.69, 9.17) is 21.1 Å². The van der Waals surface area contributed by atoms with E-state index in [0.717, 1.165) is 17.7 Å². The quantitative estimate of drug-likeness (QED) is 0.591. The van der Waals surface area contributed by atoms with E-state index in [1.807, 2.05) is 24.3 Å². The van der Waals surface area contributed by atoms with Crippen molar-refractivity contribution in [2.75, 3.05) is 13.2 Å². The highest BCUT2D eigenvalue weighted by Gasteiger charge is 2.53. The largest absolute Gasteiger partial charge is 0.494 e. The fourth-order valence-electron chi connectivity index (χ4n) is 2.39. The topological polar surface area (TPSA) is 38.8 Å². The number of carbonyl (C=O) groups is 1. The van der Waals surface area contributed by atoms with Crippen LogP contribution in [0.2, 0.25) is 5.02 Å². The van der Waals surface area contributed by atoms with Gasteiger partial charge in [-0.25, -0.2) is 0 Å². The molecule has 0 radical (unpaired) electrons. The summed E-state index contributed by atoms with van der Waals surface area (Å²) in [5, 5.41) is 0.609. The third-order valence-corrected chi connectivity index (χ3v) is 3.93. The van der Waals surface area contributed by atoms with Crippen LogP contribution in [0.15, 0.2) is 48.5 Å². The number of benzene rings is 2. The van der Waals surface area contributed by atoms with E-state index in [1.165, 1.54) is 0 Å². The number of ketones is 1. The second-order valence-electron chi connectivity index (χ2n) is 5.33. The van der Waals surface area contributed by atoms with Crippen LogP contribution in [0.5, 0.6) is 5.75 Å². The number of hydrogen-bond donors (Lipinski definition) is 0. The smallest absolute Gasteiger partial charge is 0.201 e. The zero-order valence-corrected chi connectivity index (χ0v) is 13.1. The zero-order valence-electron chi connectivity index (χ0n) is 12.3. The van der Waals surface area contributed by atoms with Crippen molar-refractivity contribution in [1.82, 2.24) is 0 Å². The minimum atomic E-state index is -0.876. The second kappa shape index (κ2) is 6.11. The zero-order chi connectivity index (χ0) is 15.6. The maximum Gasteiger partial charge on any atom is 0.201 e. The first-order chi connectivity index (χ1) is 10.7. The van der Waals surface area contributed by atoms with Crippen molar-refractivity contribution in [3.63, 3.8) is 0 Å². The number of halogens is 1. The lowest BCUT2D eigenvalue weighted by atomic mass is 9.91. The molecule has 3 nitrogen and oxygen atoms in total. The molecule has 2 aromatic rings. The van der Waals surface area contributed by atoms with Crippen molar-refractivity contribution in [2.24, 2.45) is 0 Å². The lowest BCUT2D eigenvalue weighted by molar-refractivity contribution is 0.0870. The molecule has 3 rings (SSSR count). The first kappa shape index (κ1) is 15.1. The van der Waals surface area contributed by atoms with Crippen LogP contribution in [-0.2, 0) is 10.3 Å². The van der Waals surface area contributed by atoms with Gasteiger partial charge in [0.25, 0.3) is 0 Å². The summed E-state index contributed by atoms with van der Waals surface area (Å²) in [6, 6.07) is 14.4. The van der Waals surface area contributed by atoms with Crippen LogP contribution < -0.4 is 4.74 Å². The maximum atomic E-state index is 12.8. The molecule has 0 spiro atoms. The van der Waals surface area contributed by atoms with E-state index in [-0.39, 0.29) is 5.78 Å². The SMILES string of the molecule is CCCOc1cccc(C2(C(=O)c3ccc(Cl)cc3)CO2)c1. The first-order valence-corrected chi connectivity index (χ1v) is 7.71. The molecular weight excluding hydrogens is 300 g/mol. The molecule has 114 valence electrons. The van der Waals surface area contributed by atoms with E-state index in [0.29, 0.717) is 23.8 Å². The summed E-state index contributed by atoms with van der Waals surface area (Å²) in [4.78, 5) is 12.8. The Labute approximate surface area is 134 Å². The Morgan fingerprint density at radius 1 is 1.27 bits per heavy atom. The van der Waals surface area contributed by atoms with E-state index in [2.05, 4.69) is 6.92 Å². The van der Waals surface area contributed by atoms with Crippen LogP contribution in [-0.4, -0.2) is 19.0 Å². The van der Waals surface area contributed by atoms with E-state index < -0.39 is 5.60 Å². The predicted molar refractivity (Wildman–Crippen MR) is 85.6 cm³/mol. The molecule has 1 fully saturated rings. The summed E-state index contributed by atoms with van der Waals surface area (Å²) in [5.41, 5.74) is 0.558. The summed E-state index contributed by atoms with van der Waals surface area (Å²) in [7, 11) is 0. The van der Waals surface area contributed by atoms with Crippen molar-refractivity contribution >= 4 is 17.4 Å². The molecule has 1 aliphatic heterocycles. The van der Waals surface area contributed by atoms with Gasteiger partial charge in [0.1, 0.15) is 5.75 Å². The second-order valence-corrected chi connectivity index (χ2v) is 5.76. The molecule has 0 saturated carbocycles. The average molecular weight is 317 g/mol. The number of Topliss-reactive ketones (excluding diaryl/α,β-unsaturated/α-hetero) is 1. The molecule has 1 unspecified atom stereocenters. The molecule has 0 amide bonds. The van der Waals surface area contributed by atoms with E-state index in [1.54, 1.807) is 24.3 Å². The molecule has 1 saturated heterocycles. The molecule has 1 heterocycles. The van der Waals surface area contributed by atoms with Gasteiger partial charge < -0.3 is 9.47 Å². The van der Waals surface area contributed by atoms with Crippen molar-refractivity contribution in [1.29, 1.82) is 0 Å². The minimum absolute atomic E-state index is 0.0446. The summed E-state index contributed by atoms with van der Waals surface area (Å²) in [6.07, 6.45) is 0.940. The highest BCUT2D eigenvalue weighted by Crippen LogP contribution is 2.42. The molecule has 1 atom stereocenters. The van der Waals surface area contributed by atoms with Gasteiger partial charge in [0.15, 0.2) is 5.60 Å². The third-order valence-electron chi connectivity index (χ3n) is 3.68. The number of rotatable bonds is 6. The standard InChI is InChI=1S/C18H17ClO3/c1-2-10-21-16-5-3-4-14(11-16)18(12-22-18)17(20)13-6-8-15(19)9-7-13/h3-9,11H,2,10,12H2,1H3. The van der Waals surface area contributed by atoms with Gasteiger partial charge in [0, 0.05) is 10.6 Å². The summed E-state index contributed by atoms with van der Waals surface area (Å²) in [6.45, 7) is 3.10. The normalized spacial score (nSPS) is 19.7. The van der Waals surface area contributed by atoms with Gasteiger partial charge in [-0.2, -0.15) is 0 Å². The molecule has 0 bridgehead atoms. The Balaban J connectivity index is 1.87. The fraction of sp³-hybridized carbons (Fsp3) is 0.278. The number of carbonyl (C=O) groups excluding carboxylic acids is 1. The monoisotopic (exact) mass is 316 g/mol. The molecule has 2 aromatic carbocycles. The van der Waals surface area contributed by atoms with Gasteiger partial charge in [0.2, 0.25) is 5.78 Å². The first-order valence-electron chi connectivity index (χ1n) is 7.33. The highest BCUT2D eigenvalue weighted by atomic mass is 35.5. The van der Waals surface area contributed by atoms with Gasteiger partial charge in [-0.3, -0.25) is 4.79 Å². The predicted octanol–water partition coefficient (Wildman–Crippen LogP) is 4.24. The van der Waals surface area contributed by atoms with E-state index in [9.17, 15) is 4.79 Å². The molecule has 4 heteroatoms. The number of ether oxygens (including phenoxy) is 2. The van der Waals surface area contributed by atoms with Crippen LogP contribution in [0.4, 0.5) is 0 Å². The van der Waals surface area contributed by atoms with Crippen LogP contribution in [0.3, 0.4) is 0 Å². The Morgan fingerprint density at radius 2 is 2.00 bits per heavy atom. The van der Waals surface area contributed by atoms with Crippen LogP contribution in [0, 0.1) is 0 Å². The maximum absolute atomic E-state index is 12.8. The van der Waals surface area contributed by atoms with Crippen LogP contribution >= 0.6 is 11.6 Å². The lowest BCUT2D eigenvalue weighted by Crippen LogP contribution is -2.22. The van der Waals surface area contributed by atoms with Crippen LogP contribution in [0.1, 0.15) is 29.3 Å². The molecule has 0 aliphatic carbocycles. The molecule has 1 aliphatic rings. The molecule has 0 N–H and O–H groups in total. The van der Waals surface area contributed by atoms with Gasteiger partial charge >= 0.3 is 0 Å². The molecule has 0 aromatic heterocycles. The van der Waals surface area contributed by atoms with Gasteiger partial charge in [-0.05, 0) is 48.4 Å². The van der Waals surface area contributed by atoms with Crippen molar-refractivity contribution in [2.45, 2.75) is 18.9 Å². The Kier molecular flexibility index (Phi) is 4.19. The Hall–Kier alpha value is -1.84. The van der Waals surface area contributed by atoms with E-state index >= 15 is 0 Å². The van der Waals surface area contributed by atoms with Crippen LogP contribution in [0.25, 0.3) is 0 Å². The van der Waals surface area contributed by atoms with Crippen molar-refractivity contribution in [3.05, 3.63) is 64.7 Å². The molecule has 22 heavy (non-hydrogen) atoms. The average Bonchev–Trinajstić information content (AvgIpc) is 3.35. The number of hydrogen-bond acceptors (Lipinski definition) is 3. The lowest BCUT2D eigenvalue weighted by Gasteiger charge is -2.13. The Bertz CT molecular complexity index is 675. The highest BCUT2D eigenvalue weighted by molar-refractivity contribution is 6.30. The third kappa shape index (κ3) is 2.87. The Morgan fingerprint density at radius 3 is 2.64 bits per heavy atom. The van der Waals surface area contributed by atoms with Gasteiger partial charge in [-0.15, -0.1) is 0 Å². The van der Waals surface area contributed by atoms with Gasteiger partial charge in [-0.1, -0.05) is 30.7 Å². The summed E-state index contributed by atoms with van der Waals surface area (Å²) in [5.74, 6) is 0.718. The molecular formula is C18H17ClO3. The summed E-state index contributed by atoms with van der Waals surface area (Å²) < 4.78 is 11.2. The van der Waals surface area contributed by atoms with Crippen molar-refractivity contribution in [3.8, 4) is 5.75 Å². The van der Waals surface area contributed by atoms with Crippen molar-refractivity contribution < 1.29 is 14.3 Å². The number of epoxide rings is 1. The fourth-order valence-corrected chi connectivity index (χ4v) is 2.52. The van der Waals surface area contributed by atoms with Gasteiger partial charge in [0.05, 0.1) is 13.2 Å². The minimum Gasteiger partial charge on any atom is -0.494 e. The summed E-state index contributed by atoms with van der Waals surface area (Å²) >= 11 is 5.87.